The molecule has 1 atom stereocenters. The minimum Gasteiger partial charge on any atom is -0.463 e. The van der Waals surface area contributed by atoms with Gasteiger partial charge >= 0.3 is 5.97 Å². The van der Waals surface area contributed by atoms with Crippen molar-refractivity contribution in [3.63, 3.8) is 0 Å². The maximum Gasteiger partial charge on any atom is 0.309 e. The molecule has 3 heteroatoms. The predicted octanol–water partition coefficient (Wildman–Crippen LogP) is 0.933. The van der Waals surface area contributed by atoms with Crippen molar-refractivity contribution in [2.24, 2.45) is 0 Å². The van der Waals surface area contributed by atoms with Crippen LogP contribution in [0.25, 0.3) is 0 Å². The topological polar surface area (TPSA) is 35.5 Å². The highest BCUT2D eigenvalue weighted by Gasteiger charge is 2.16. The fourth-order valence-corrected chi connectivity index (χ4v) is 1.03. The van der Waals surface area contributed by atoms with Gasteiger partial charge in [0.1, 0.15) is 6.61 Å². The lowest BCUT2D eigenvalue weighted by molar-refractivity contribution is -0.142. The number of esters is 1. The van der Waals surface area contributed by atoms with E-state index in [4.69, 9.17) is 9.47 Å². The molecule has 0 aromatic heterocycles. The van der Waals surface area contributed by atoms with Gasteiger partial charge in [0.05, 0.1) is 12.5 Å². The molecule has 1 unspecified atom stereocenters. The molecule has 0 bridgehead atoms. The van der Waals surface area contributed by atoms with Crippen LogP contribution >= 0.6 is 0 Å². The van der Waals surface area contributed by atoms with Crippen molar-refractivity contribution >= 4 is 5.97 Å². The van der Waals surface area contributed by atoms with Crippen molar-refractivity contribution in [2.75, 3.05) is 13.2 Å². The third-order valence-electron chi connectivity index (χ3n) is 1.67. The van der Waals surface area contributed by atoms with Crippen LogP contribution in [0.2, 0.25) is 0 Å². The quantitative estimate of drug-likeness (QED) is 0.572. The summed E-state index contributed by atoms with van der Waals surface area (Å²) >= 11 is 0. The fraction of sp³-hybridized carbons (Fsp3) is 0.750. The Bertz CT molecular complexity index is 127. The van der Waals surface area contributed by atoms with Gasteiger partial charge < -0.3 is 9.47 Å². The minimum atomic E-state index is -0.263. The third-order valence-corrected chi connectivity index (χ3v) is 1.67. The Morgan fingerprint density at radius 2 is 2.64 bits per heavy atom. The molecule has 0 aliphatic carbocycles. The SMILES string of the molecule is C[CH]C(=O)OCC1CCCO1. The Morgan fingerprint density at radius 1 is 1.82 bits per heavy atom. The van der Waals surface area contributed by atoms with Crippen LogP contribution in [0.3, 0.4) is 0 Å². The highest BCUT2D eigenvalue weighted by Crippen LogP contribution is 2.11. The van der Waals surface area contributed by atoms with E-state index in [1.54, 1.807) is 6.92 Å². The standard InChI is InChI=1S/C8H13O3/c1-2-8(9)11-6-7-4-3-5-10-7/h2,7H,3-6H2,1H3. The van der Waals surface area contributed by atoms with E-state index in [9.17, 15) is 4.79 Å². The first-order valence-corrected chi connectivity index (χ1v) is 3.90. The highest BCUT2D eigenvalue weighted by atomic mass is 16.6. The van der Waals surface area contributed by atoms with Gasteiger partial charge in [-0.2, -0.15) is 0 Å². The fourth-order valence-electron chi connectivity index (χ4n) is 1.03. The van der Waals surface area contributed by atoms with E-state index in [2.05, 4.69) is 0 Å². The van der Waals surface area contributed by atoms with Crippen LogP contribution in [-0.4, -0.2) is 25.3 Å². The number of carbonyl (C=O) groups excluding carboxylic acids is 1. The molecule has 0 aromatic carbocycles. The molecule has 1 fully saturated rings. The summed E-state index contributed by atoms with van der Waals surface area (Å²) in [4.78, 5) is 10.6. The van der Waals surface area contributed by atoms with Crippen molar-refractivity contribution in [2.45, 2.75) is 25.9 Å². The van der Waals surface area contributed by atoms with E-state index in [0.717, 1.165) is 19.4 Å². The molecule has 0 amide bonds. The molecule has 3 nitrogen and oxygen atoms in total. The summed E-state index contributed by atoms with van der Waals surface area (Å²) in [5.74, 6) is -0.263. The molecule has 1 heterocycles. The third kappa shape index (κ3) is 2.89. The Labute approximate surface area is 66.7 Å². The van der Waals surface area contributed by atoms with Crippen LogP contribution in [-0.2, 0) is 14.3 Å². The van der Waals surface area contributed by atoms with E-state index < -0.39 is 0 Å². The molecule has 1 aliphatic heterocycles. The molecule has 11 heavy (non-hydrogen) atoms. The molecule has 63 valence electrons. The van der Waals surface area contributed by atoms with Crippen molar-refractivity contribution in [3.05, 3.63) is 6.42 Å². The first kappa shape index (κ1) is 8.53. The second kappa shape index (κ2) is 4.34. The average molecular weight is 157 g/mol. The molecule has 1 radical (unpaired) electrons. The Hall–Kier alpha value is -0.570. The van der Waals surface area contributed by atoms with Crippen LogP contribution in [0.1, 0.15) is 19.8 Å². The molecule has 0 saturated carbocycles. The van der Waals surface area contributed by atoms with E-state index in [1.807, 2.05) is 0 Å². The maximum atomic E-state index is 10.6. The molecule has 1 rings (SSSR count). The van der Waals surface area contributed by atoms with Crippen molar-refractivity contribution in [1.29, 1.82) is 0 Å². The predicted molar refractivity (Wildman–Crippen MR) is 39.9 cm³/mol. The molecular formula is C8H13O3. The normalized spacial score (nSPS) is 23.5. The van der Waals surface area contributed by atoms with E-state index in [-0.39, 0.29) is 12.1 Å². The van der Waals surface area contributed by atoms with Crippen molar-refractivity contribution in [3.8, 4) is 0 Å². The van der Waals surface area contributed by atoms with E-state index >= 15 is 0 Å². The van der Waals surface area contributed by atoms with Crippen LogP contribution in [0.4, 0.5) is 0 Å². The summed E-state index contributed by atoms with van der Waals surface area (Å²) in [6, 6.07) is 0. The lowest BCUT2D eigenvalue weighted by atomic mass is 10.2. The number of hydrogen-bond acceptors (Lipinski definition) is 3. The average Bonchev–Trinajstić information content (AvgIpc) is 2.52. The van der Waals surface area contributed by atoms with Gasteiger partial charge in [0.2, 0.25) is 0 Å². The number of carbonyl (C=O) groups is 1. The molecule has 0 aromatic rings. The van der Waals surface area contributed by atoms with E-state index in [1.165, 1.54) is 6.42 Å². The maximum absolute atomic E-state index is 10.6. The van der Waals surface area contributed by atoms with Crippen LogP contribution < -0.4 is 0 Å². The lowest BCUT2D eigenvalue weighted by Gasteiger charge is -2.08. The van der Waals surface area contributed by atoms with Crippen LogP contribution in [0, 0.1) is 6.42 Å². The second-order valence-electron chi connectivity index (χ2n) is 2.55. The van der Waals surface area contributed by atoms with Gasteiger partial charge in [0.25, 0.3) is 0 Å². The highest BCUT2D eigenvalue weighted by molar-refractivity contribution is 5.78. The summed E-state index contributed by atoms with van der Waals surface area (Å²) < 4.78 is 10.1. The Morgan fingerprint density at radius 3 is 3.18 bits per heavy atom. The van der Waals surface area contributed by atoms with E-state index in [0.29, 0.717) is 6.61 Å². The van der Waals surface area contributed by atoms with Crippen molar-refractivity contribution in [1.82, 2.24) is 0 Å². The molecule has 1 aliphatic rings. The van der Waals surface area contributed by atoms with Gasteiger partial charge in [0, 0.05) is 6.61 Å². The lowest BCUT2D eigenvalue weighted by Crippen LogP contribution is -2.17. The molecule has 0 N–H and O–H groups in total. The zero-order valence-corrected chi connectivity index (χ0v) is 6.71. The number of hydrogen-bond donors (Lipinski definition) is 0. The first-order chi connectivity index (χ1) is 5.33. The Balaban J connectivity index is 2.06. The van der Waals surface area contributed by atoms with Crippen LogP contribution in [0.15, 0.2) is 0 Å². The smallest absolute Gasteiger partial charge is 0.309 e. The minimum absolute atomic E-state index is 0.138. The van der Waals surface area contributed by atoms with Crippen molar-refractivity contribution < 1.29 is 14.3 Å². The van der Waals surface area contributed by atoms with Gasteiger partial charge in [-0.15, -0.1) is 0 Å². The second-order valence-corrected chi connectivity index (χ2v) is 2.55. The van der Waals surface area contributed by atoms with Gasteiger partial charge in [-0.1, -0.05) is 6.92 Å². The van der Waals surface area contributed by atoms with Gasteiger partial charge in [-0.3, -0.25) is 4.79 Å². The van der Waals surface area contributed by atoms with Gasteiger partial charge in [-0.25, -0.2) is 0 Å². The zero-order valence-electron chi connectivity index (χ0n) is 6.71. The number of ether oxygens (including phenoxy) is 2. The Kier molecular flexibility index (Phi) is 3.36. The molecular weight excluding hydrogens is 144 g/mol. The van der Waals surface area contributed by atoms with Gasteiger partial charge in [0.15, 0.2) is 0 Å². The molecule has 1 saturated heterocycles. The summed E-state index contributed by atoms with van der Waals surface area (Å²) in [6.45, 7) is 2.87. The van der Waals surface area contributed by atoms with Gasteiger partial charge in [-0.05, 0) is 12.8 Å². The summed E-state index contributed by atoms with van der Waals surface area (Å²) in [7, 11) is 0. The zero-order chi connectivity index (χ0) is 8.10. The summed E-state index contributed by atoms with van der Waals surface area (Å²) in [6.07, 6.45) is 3.64. The largest absolute Gasteiger partial charge is 0.463 e. The summed E-state index contributed by atoms with van der Waals surface area (Å²) in [5, 5.41) is 0. The summed E-state index contributed by atoms with van der Waals surface area (Å²) in [5.41, 5.74) is 0. The number of rotatable bonds is 3. The first-order valence-electron chi connectivity index (χ1n) is 3.90. The molecule has 0 spiro atoms. The monoisotopic (exact) mass is 157 g/mol. The van der Waals surface area contributed by atoms with Crippen LogP contribution in [0.5, 0.6) is 0 Å².